The van der Waals surface area contributed by atoms with Crippen LogP contribution >= 0.6 is 11.3 Å². The Labute approximate surface area is 167 Å². The van der Waals surface area contributed by atoms with E-state index in [1.54, 1.807) is 16.7 Å². The van der Waals surface area contributed by atoms with Crippen LogP contribution in [0.1, 0.15) is 35.0 Å². The molecule has 6 heteroatoms. The van der Waals surface area contributed by atoms with Crippen LogP contribution in [-0.4, -0.2) is 32.4 Å². The zero-order valence-electron chi connectivity index (χ0n) is 15.8. The van der Waals surface area contributed by atoms with E-state index >= 15 is 0 Å². The van der Waals surface area contributed by atoms with Gasteiger partial charge in [0.2, 0.25) is 0 Å². The Morgan fingerprint density at radius 3 is 2.96 bits per heavy atom. The molecular weight excluding hydrogens is 368 g/mol. The molecule has 0 radical (unpaired) electrons. The summed E-state index contributed by atoms with van der Waals surface area (Å²) < 4.78 is 2.87. The van der Waals surface area contributed by atoms with E-state index in [0.29, 0.717) is 12.5 Å². The minimum atomic E-state index is -0.0141. The molecule has 142 valence electrons. The molecule has 1 atom stereocenters. The standard InChI is InChI=1S/C22H22N4OS/c1-15-8-10-26-20(11-15)23-17(12-21(26)27)14-25-9-4-5-16(13-25)22-24-18-6-2-3-7-19(18)28-22/h2-3,6-8,10-12,16H,4-5,9,13-14H2,1H3/t16-/m1/s1. The van der Waals surface area contributed by atoms with Gasteiger partial charge in [0.1, 0.15) is 5.65 Å². The maximum atomic E-state index is 12.4. The highest BCUT2D eigenvalue weighted by Gasteiger charge is 2.24. The number of nitrogens with zero attached hydrogens (tertiary/aromatic N) is 4. The van der Waals surface area contributed by atoms with Crippen molar-refractivity contribution in [2.75, 3.05) is 13.1 Å². The predicted octanol–water partition coefficient (Wildman–Crippen LogP) is 3.99. The number of benzene rings is 1. The lowest BCUT2D eigenvalue weighted by molar-refractivity contribution is 0.198. The lowest BCUT2D eigenvalue weighted by Gasteiger charge is -2.31. The molecule has 5 rings (SSSR count). The second kappa shape index (κ2) is 7.11. The van der Waals surface area contributed by atoms with Crippen molar-refractivity contribution in [2.45, 2.75) is 32.2 Å². The molecule has 1 aliphatic heterocycles. The van der Waals surface area contributed by atoms with Gasteiger partial charge in [-0.1, -0.05) is 12.1 Å². The smallest absolute Gasteiger partial charge is 0.258 e. The highest BCUT2D eigenvalue weighted by atomic mass is 32.1. The average Bonchev–Trinajstić information content (AvgIpc) is 3.12. The Hall–Kier alpha value is -2.57. The number of pyridine rings is 1. The fourth-order valence-corrected chi connectivity index (χ4v) is 5.12. The van der Waals surface area contributed by atoms with Crippen LogP contribution in [0, 0.1) is 6.92 Å². The molecule has 0 N–H and O–H groups in total. The number of hydrogen-bond donors (Lipinski definition) is 0. The number of aromatic nitrogens is 3. The van der Waals surface area contributed by atoms with Gasteiger partial charge >= 0.3 is 0 Å². The second-order valence-corrected chi connectivity index (χ2v) is 8.67. The van der Waals surface area contributed by atoms with Crippen molar-refractivity contribution < 1.29 is 0 Å². The van der Waals surface area contributed by atoms with Crippen LogP contribution in [0.15, 0.2) is 53.5 Å². The van der Waals surface area contributed by atoms with Crippen LogP contribution in [-0.2, 0) is 6.54 Å². The Morgan fingerprint density at radius 2 is 2.07 bits per heavy atom. The third kappa shape index (κ3) is 3.34. The van der Waals surface area contributed by atoms with E-state index < -0.39 is 0 Å². The van der Waals surface area contributed by atoms with Gasteiger partial charge in [-0.3, -0.25) is 14.1 Å². The first-order valence-electron chi connectivity index (χ1n) is 9.72. The molecule has 0 aliphatic carbocycles. The molecule has 0 saturated carbocycles. The van der Waals surface area contributed by atoms with Crippen LogP contribution in [0.25, 0.3) is 15.9 Å². The first-order valence-corrected chi connectivity index (χ1v) is 10.5. The van der Waals surface area contributed by atoms with Gasteiger partial charge in [0, 0.05) is 31.3 Å². The van der Waals surface area contributed by atoms with Gasteiger partial charge in [0.15, 0.2) is 0 Å². The Balaban J connectivity index is 1.38. The number of para-hydroxylation sites is 1. The normalized spacial score (nSPS) is 18.1. The van der Waals surface area contributed by atoms with Gasteiger partial charge in [-0.15, -0.1) is 11.3 Å². The topological polar surface area (TPSA) is 50.5 Å². The summed E-state index contributed by atoms with van der Waals surface area (Å²) in [5.41, 5.74) is 3.76. The van der Waals surface area contributed by atoms with E-state index in [9.17, 15) is 4.79 Å². The zero-order valence-corrected chi connectivity index (χ0v) is 16.7. The third-order valence-electron chi connectivity index (χ3n) is 5.43. The second-order valence-electron chi connectivity index (χ2n) is 7.61. The van der Waals surface area contributed by atoms with E-state index in [1.165, 1.54) is 16.1 Å². The maximum absolute atomic E-state index is 12.4. The molecule has 0 unspecified atom stereocenters. The molecule has 1 aliphatic rings. The molecular formula is C22H22N4OS. The minimum Gasteiger partial charge on any atom is -0.297 e. The largest absolute Gasteiger partial charge is 0.297 e. The third-order valence-corrected chi connectivity index (χ3v) is 6.63. The summed E-state index contributed by atoms with van der Waals surface area (Å²) in [7, 11) is 0. The van der Waals surface area contributed by atoms with Crippen LogP contribution in [0.2, 0.25) is 0 Å². The predicted molar refractivity (Wildman–Crippen MR) is 113 cm³/mol. The maximum Gasteiger partial charge on any atom is 0.258 e. The molecule has 5 nitrogen and oxygen atoms in total. The summed E-state index contributed by atoms with van der Waals surface area (Å²) in [6, 6.07) is 13.9. The summed E-state index contributed by atoms with van der Waals surface area (Å²) in [6.07, 6.45) is 4.11. The van der Waals surface area contributed by atoms with Gasteiger partial charge < -0.3 is 0 Å². The number of aryl methyl sites for hydroxylation is 1. The fourth-order valence-electron chi connectivity index (χ4n) is 4.03. The van der Waals surface area contributed by atoms with Crippen molar-refractivity contribution in [1.82, 2.24) is 19.3 Å². The van der Waals surface area contributed by atoms with E-state index in [1.807, 2.05) is 36.5 Å². The van der Waals surface area contributed by atoms with Crippen LogP contribution in [0.5, 0.6) is 0 Å². The number of piperidine rings is 1. The number of fused-ring (bicyclic) bond motifs is 2. The van der Waals surface area contributed by atoms with Crippen LogP contribution < -0.4 is 5.56 Å². The van der Waals surface area contributed by atoms with Crippen LogP contribution in [0.3, 0.4) is 0 Å². The van der Waals surface area contributed by atoms with E-state index in [4.69, 9.17) is 9.97 Å². The number of rotatable bonds is 3. The molecule has 4 heterocycles. The van der Waals surface area contributed by atoms with Crippen molar-refractivity contribution in [3.8, 4) is 0 Å². The van der Waals surface area contributed by atoms with Crippen molar-refractivity contribution >= 4 is 27.2 Å². The molecule has 4 aromatic rings. The average molecular weight is 391 g/mol. The van der Waals surface area contributed by atoms with Gasteiger partial charge in [-0.05, 0) is 56.1 Å². The van der Waals surface area contributed by atoms with Crippen molar-refractivity contribution in [1.29, 1.82) is 0 Å². The SMILES string of the molecule is Cc1ccn2c(=O)cc(CN3CCC[C@@H](c4nc5ccccc5s4)C3)nc2c1. The summed E-state index contributed by atoms with van der Waals surface area (Å²) in [4.78, 5) is 24.4. The monoisotopic (exact) mass is 390 g/mol. The number of likely N-dealkylation sites (tertiary alicyclic amines) is 1. The van der Waals surface area contributed by atoms with E-state index in [-0.39, 0.29) is 5.56 Å². The molecule has 0 spiro atoms. The van der Waals surface area contributed by atoms with Crippen molar-refractivity contribution in [3.63, 3.8) is 0 Å². The van der Waals surface area contributed by atoms with Crippen LogP contribution in [0.4, 0.5) is 0 Å². The fraction of sp³-hybridized carbons (Fsp3) is 0.318. The zero-order chi connectivity index (χ0) is 19.1. The minimum absolute atomic E-state index is 0.0141. The Kier molecular flexibility index (Phi) is 4.45. The Morgan fingerprint density at radius 1 is 1.18 bits per heavy atom. The lowest BCUT2D eigenvalue weighted by atomic mass is 9.98. The summed E-state index contributed by atoms with van der Waals surface area (Å²) >= 11 is 1.81. The van der Waals surface area contributed by atoms with Gasteiger partial charge in [-0.2, -0.15) is 0 Å². The first-order chi connectivity index (χ1) is 13.7. The van der Waals surface area contributed by atoms with Gasteiger partial charge in [0.25, 0.3) is 5.56 Å². The molecule has 0 bridgehead atoms. The molecule has 0 amide bonds. The Bertz CT molecular complexity index is 1180. The highest BCUT2D eigenvalue weighted by molar-refractivity contribution is 7.18. The summed E-state index contributed by atoms with van der Waals surface area (Å²) in [5.74, 6) is 0.454. The molecule has 28 heavy (non-hydrogen) atoms. The van der Waals surface area contributed by atoms with E-state index in [2.05, 4.69) is 23.1 Å². The number of hydrogen-bond acceptors (Lipinski definition) is 5. The van der Waals surface area contributed by atoms with Gasteiger partial charge in [0.05, 0.1) is 20.9 Å². The molecule has 1 fully saturated rings. The van der Waals surface area contributed by atoms with E-state index in [0.717, 1.165) is 41.9 Å². The summed E-state index contributed by atoms with van der Waals surface area (Å²) in [5, 5.41) is 1.23. The van der Waals surface area contributed by atoms with Crippen molar-refractivity contribution in [3.05, 3.63) is 75.3 Å². The molecule has 1 aromatic carbocycles. The summed E-state index contributed by atoms with van der Waals surface area (Å²) in [6.45, 7) is 4.73. The van der Waals surface area contributed by atoms with Crippen molar-refractivity contribution in [2.24, 2.45) is 0 Å². The quantitative estimate of drug-likeness (QED) is 0.531. The first kappa shape index (κ1) is 17.5. The number of thiazole rings is 1. The lowest BCUT2D eigenvalue weighted by Crippen LogP contribution is -2.34. The van der Waals surface area contributed by atoms with Gasteiger partial charge in [-0.25, -0.2) is 9.97 Å². The molecule has 1 saturated heterocycles. The molecule has 3 aromatic heterocycles. The highest BCUT2D eigenvalue weighted by Crippen LogP contribution is 2.33.